The summed E-state index contributed by atoms with van der Waals surface area (Å²) in [5.74, 6) is 0.525. The monoisotopic (exact) mass is 334 g/mol. The number of ether oxygens (including phenoxy) is 1. The van der Waals surface area contributed by atoms with E-state index in [0.29, 0.717) is 5.75 Å². The van der Waals surface area contributed by atoms with E-state index in [0.717, 1.165) is 11.1 Å². The van der Waals surface area contributed by atoms with E-state index in [9.17, 15) is 9.90 Å². The number of hydrogen-bond donors (Lipinski definition) is 4. The fourth-order valence-corrected chi connectivity index (χ4v) is 2.09. The van der Waals surface area contributed by atoms with E-state index in [1.807, 2.05) is 24.3 Å². The molecule has 0 aliphatic heterocycles. The predicted octanol–water partition coefficient (Wildman–Crippen LogP) is 4.00. The maximum atomic E-state index is 10.5. The van der Waals surface area contributed by atoms with Crippen molar-refractivity contribution in [3.8, 4) is 11.5 Å². The molecule has 2 aromatic carbocycles. The van der Waals surface area contributed by atoms with Gasteiger partial charge in [-0.15, -0.1) is 0 Å². The molecule has 0 bridgehead atoms. The molecule has 0 aromatic heterocycles. The molecule has 2 aromatic rings. The summed E-state index contributed by atoms with van der Waals surface area (Å²) in [6.45, 7) is 4.12. The summed E-state index contributed by atoms with van der Waals surface area (Å²) in [7, 11) is 0. The van der Waals surface area contributed by atoms with Gasteiger partial charge in [0.25, 0.3) is 0 Å². The van der Waals surface area contributed by atoms with E-state index in [1.165, 1.54) is 0 Å². The van der Waals surface area contributed by atoms with Crippen LogP contribution < -0.4 is 4.74 Å². The van der Waals surface area contributed by atoms with Crippen LogP contribution in [-0.2, 0) is 5.41 Å². The van der Waals surface area contributed by atoms with Crippen molar-refractivity contribution in [2.45, 2.75) is 19.3 Å². The van der Waals surface area contributed by atoms with Gasteiger partial charge in [-0.1, -0.05) is 38.1 Å². The van der Waals surface area contributed by atoms with E-state index in [4.69, 9.17) is 20.1 Å². The molecule has 4 N–H and O–H groups in total. The van der Waals surface area contributed by atoms with Crippen molar-refractivity contribution in [2.75, 3.05) is 0 Å². The number of carboxylic acid groups (broad SMARTS) is 3. The highest BCUT2D eigenvalue weighted by molar-refractivity contribution is 5.61. The van der Waals surface area contributed by atoms with Gasteiger partial charge in [0.15, 0.2) is 0 Å². The fraction of sp³-hybridized carbons (Fsp3) is 0.176. The molecule has 0 aliphatic rings. The number of aromatic hydroxyl groups is 1. The highest BCUT2D eigenvalue weighted by atomic mass is 16.7. The standard InChI is InChI=1S/C16H16O4.CH2O3/c1-16(2,11-3-7-13(17)8-4-11)12-5-9-14(10-6-12)20-15(18)19;2-1(3)4/h3-10,17H,1-2H3,(H,18,19);(H2,2,3,4). The van der Waals surface area contributed by atoms with E-state index in [1.54, 1.807) is 24.3 Å². The summed E-state index contributed by atoms with van der Waals surface area (Å²) < 4.78 is 4.59. The second kappa shape index (κ2) is 7.87. The summed E-state index contributed by atoms with van der Waals surface area (Å²) in [6, 6.07) is 14.0. The Morgan fingerprint density at radius 1 is 0.833 bits per heavy atom. The second-order valence-electron chi connectivity index (χ2n) is 5.35. The summed E-state index contributed by atoms with van der Waals surface area (Å²) in [5.41, 5.74) is 1.83. The van der Waals surface area contributed by atoms with Crippen LogP contribution in [0.2, 0.25) is 0 Å². The van der Waals surface area contributed by atoms with E-state index in [2.05, 4.69) is 18.6 Å². The van der Waals surface area contributed by atoms with Gasteiger partial charge in [0, 0.05) is 5.41 Å². The smallest absolute Gasteiger partial charge is 0.508 e. The quantitative estimate of drug-likeness (QED) is 0.494. The normalized spacial score (nSPS) is 10.2. The molecule has 0 radical (unpaired) electrons. The molecule has 24 heavy (non-hydrogen) atoms. The zero-order chi connectivity index (χ0) is 18.3. The van der Waals surface area contributed by atoms with Crippen molar-refractivity contribution in [1.82, 2.24) is 0 Å². The van der Waals surface area contributed by atoms with Gasteiger partial charge in [-0.3, -0.25) is 0 Å². The van der Waals surface area contributed by atoms with Gasteiger partial charge in [-0.2, -0.15) is 0 Å². The molecule has 0 heterocycles. The first-order valence-corrected chi connectivity index (χ1v) is 6.85. The topological polar surface area (TPSA) is 124 Å². The molecular formula is C17H18O7. The van der Waals surface area contributed by atoms with Crippen LogP contribution in [0.5, 0.6) is 11.5 Å². The van der Waals surface area contributed by atoms with Gasteiger partial charge in [0.1, 0.15) is 11.5 Å². The Balaban J connectivity index is 0.000000648. The van der Waals surface area contributed by atoms with Crippen LogP contribution in [0.1, 0.15) is 25.0 Å². The number of hydrogen-bond acceptors (Lipinski definition) is 4. The Hall–Kier alpha value is -3.22. The average molecular weight is 334 g/mol. The van der Waals surface area contributed by atoms with E-state index in [-0.39, 0.29) is 11.2 Å². The lowest BCUT2D eigenvalue weighted by Gasteiger charge is -2.26. The molecule has 128 valence electrons. The van der Waals surface area contributed by atoms with Crippen LogP contribution in [0, 0.1) is 0 Å². The maximum absolute atomic E-state index is 10.5. The molecule has 0 saturated carbocycles. The van der Waals surface area contributed by atoms with Gasteiger partial charge in [-0.05, 0) is 35.4 Å². The summed E-state index contributed by atoms with van der Waals surface area (Å²) in [4.78, 5) is 19.0. The molecule has 0 aliphatic carbocycles. The Kier molecular flexibility index (Phi) is 6.17. The lowest BCUT2D eigenvalue weighted by molar-refractivity contribution is 0.136. The van der Waals surface area contributed by atoms with Crippen LogP contribution in [0.4, 0.5) is 9.59 Å². The number of phenolic OH excluding ortho intramolecular Hbond substituents is 1. The second-order valence-corrected chi connectivity index (χ2v) is 5.35. The van der Waals surface area contributed by atoms with Gasteiger partial charge in [0.2, 0.25) is 0 Å². The van der Waals surface area contributed by atoms with Crippen LogP contribution in [-0.4, -0.2) is 32.7 Å². The first-order valence-electron chi connectivity index (χ1n) is 6.85. The molecule has 0 amide bonds. The molecule has 7 nitrogen and oxygen atoms in total. The third-order valence-corrected chi connectivity index (χ3v) is 3.37. The first-order chi connectivity index (χ1) is 11.1. The minimum Gasteiger partial charge on any atom is -0.508 e. The summed E-state index contributed by atoms with van der Waals surface area (Å²) in [5, 5.41) is 31.8. The molecule has 2 rings (SSSR count). The van der Waals surface area contributed by atoms with E-state index >= 15 is 0 Å². The Morgan fingerprint density at radius 3 is 1.58 bits per heavy atom. The van der Waals surface area contributed by atoms with Crippen LogP contribution in [0.3, 0.4) is 0 Å². The minimum absolute atomic E-state index is 0.231. The lowest BCUT2D eigenvalue weighted by Crippen LogP contribution is -2.18. The molecule has 0 unspecified atom stereocenters. The van der Waals surface area contributed by atoms with Crippen molar-refractivity contribution in [2.24, 2.45) is 0 Å². The predicted molar refractivity (Wildman–Crippen MR) is 86.0 cm³/mol. The molecule has 0 spiro atoms. The number of benzene rings is 2. The molecular weight excluding hydrogens is 316 g/mol. The maximum Gasteiger partial charge on any atom is 0.511 e. The zero-order valence-corrected chi connectivity index (χ0v) is 13.1. The number of phenols is 1. The Labute approximate surface area is 138 Å². The lowest BCUT2D eigenvalue weighted by atomic mass is 9.78. The first kappa shape index (κ1) is 18.8. The summed E-state index contributed by atoms with van der Waals surface area (Å²) in [6.07, 6.45) is -3.16. The van der Waals surface area contributed by atoms with Crippen LogP contribution >= 0.6 is 0 Å². The largest absolute Gasteiger partial charge is 0.511 e. The van der Waals surface area contributed by atoms with Gasteiger partial charge >= 0.3 is 12.3 Å². The minimum atomic E-state index is -1.83. The van der Waals surface area contributed by atoms with Gasteiger partial charge in [0.05, 0.1) is 0 Å². The average Bonchev–Trinajstić information content (AvgIpc) is 2.47. The van der Waals surface area contributed by atoms with Crippen molar-refractivity contribution in [3.63, 3.8) is 0 Å². The molecule has 0 atom stereocenters. The highest BCUT2D eigenvalue weighted by Crippen LogP contribution is 2.33. The van der Waals surface area contributed by atoms with Gasteiger partial charge in [-0.25, -0.2) is 9.59 Å². The van der Waals surface area contributed by atoms with Crippen molar-refractivity contribution < 1.29 is 34.8 Å². The number of carbonyl (C=O) groups is 2. The summed E-state index contributed by atoms with van der Waals surface area (Å²) >= 11 is 0. The van der Waals surface area contributed by atoms with Crippen LogP contribution in [0.15, 0.2) is 48.5 Å². The van der Waals surface area contributed by atoms with Crippen LogP contribution in [0.25, 0.3) is 0 Å². The van der Waals surface area contributed by atoms with Crippen molar-refractivity contribution in [3.05, 3.63) is 59.7 Å². The highest BCUT2D eigenvalue weighted by Gasteiger charge is 2.23. The van der Waals surface area contributed by atoms with Gasteiger partial charge < -0.3 is 25.2 Å². The third kappa shape index (κ3) is 5.53. The Morgan fingerprint density at radius 2 is 1.21 bits per heavy atom. The Bertz CT molecular complexity index is 684. The third-order valence-electron chi connectivity index (χ3n) is 3.37. The van der Waals surface area contributed by atoms with Crippen molar-refractivity contribution in [1.29, 1.82) is 0 Å². The molecule has 0 fully saturated rings. The molecule has 7 heteroatoms. The SMILES string of the molecule is CC(C)(c1ccc(O)cc1)c1ccc(OC(=O)O)cc1.O=C(O)O. The molecule has 0 saturated heterocycles. The number of rotatable bonds is 3. The van der Waals surface area contributed by atoms with E-state index < -0.39 is 12.3 Å². The zero-order valence-electron chi connectivity index (χ0n) is 13.1. The fourth-order valence-electron chi connectivity index (χ4n) is 2.09. The van der Waals surface area contributed by atoms with Crippen molar-refractivity contribution >= 4 is 12.3 Å².